The van der Waals surface area contributed by atoms with E-state index in [0.717, 1.165) is 54.6 Å². The molecule has 0 spiro atoms. The molecule has 0 saturated carbocycles. The van der Waals surface area contributed by atoms with E-state index < -0.39 is 0 Å². The van der Waals surface area contributed by atoms with E-state index in [1.54, 1.807) is 0 Å². The van der Waals surface area contributed by atoms with Gasteiger partial charge in [-0.2, -0.15) is 0 Å². The van der Waals surface area contributed by atoms with Crippen LogP contribution < -0.4 is 0 Å². The summed E-state index contributed by atoms with van der Waals surface area (Å²) < 4.78 is 11.1. The van der Waals surface area contributed by atoms with Crippen molar-refractivity contribution in [3.05, 3.63) is 35.0 Å². The summed E-state index contributed by atoms with van der Waals surface area (Å²) in [4.78, 5) is 2.33. The Hall–Kier alpha value is -1.03. The Bertz CT molecular complexity index is 517. The molecule has 0 N–H and O–H groups in total. The Balaban J connectivity index is 1.83. The Labute approximate surface area is 105 Å². The number of ether oxygens (including phenoxy) is 1. The van der Waals surface area contributed by atoms with Crippen LogP contribution in [0.1, 0.15) is 5.76 Å². The van der Waals surface area contributed by atoms with Crippen molar-refractivity contribution in [1.82, 2.24) is 4.90 Å². The topological polar surface area (TPSA) is 25.6 Å². The highest BCUT2D eigenvalue weighted by atomic mass is 35.5. The molecule has 0 amide bonds. The Morgan fingerprint density at radius 1 is 1.24 bits per heavy atom. The molecule has 90 valence electrons. The lowest BCUT2D eigenvalue weighted by Crippen LogP contribution is -2.35. The monoisotopic (exact) mass is 251 g/mol. The number of rotatable bonds is 2. The quantitative estimate of drug-likeness (QED) is 0.821. The van der Waals surface area contributed by atoms with E-state index in [1.165, 1.54) is 0 Å². The number of benzene rings is 1. The van der Waals surface area contributed by atoms with Crippen molar-refractivity contribution in [3.63, 3.8) is 0 Å². The van der Waals surface area contributed by atoms with Crippen LogP contribution in [-0.2, 0) is 11.3 Å². The van der Waals surface area contributed by atoms with Gasteiger partial charge in [0, 0.05) is 18.5 Å². The van der Waals surface area contributed by atoms with Crippen LogP contribution in [0, 0.1) is 0 Å². The molecule has 1 aliphatic rings. The minimum absolute atomic E-state index is 0.750. The van der Waals surface area contributed by atoms with Crippen LogP contribution in [0.2, 0.25) is 5.02 Å². The summed E-state index contributed by atoms with van der Waals surface area (Å²) in [5, 5.41) is 1.75. The molecule has 0 radical (unpaired) electrons. The molecular formula is C13H14ClNO2. The van der Waals surface area contributed by atoms with Gasteiger partial charge in [0.1, 0.15) is 11.3 Å². The van der Waals surface area contributed by atoms with E-state index >= 15 is 0 Å². The third kappa shape index (κ3) is 2.32. The maximum Gasteiger partial charge on any atom is 0.135 e. The van der Waals surface area contributed by atoms with Crippen LogP contribution >= 0.6 is 11.6 Å². The maximum atomic E-state index is 6.12. The first-order valence-electron chi connectivity index (χ1n) is 5.80. The summed E-state index contributed by atoms with van der Waals surface area (Å²) in [6, 6.07) is 7.78. The average molecular weight is 252 g/mol. The number of hydrogen-bond acceptors (Lipinski definition) is 3. The van der Waals surface area contributed by atoms with Gasteiger partial charge in [0.15, 0.2) is 0 Å². The van der Waals surface area contributed by atoms with Gasteiger partial charge in [-0.3, -0.25) is 4.90 Å². The largest absolute Gasteiger partial charge is 0.460 e. The van der Waals surface area contributed by atoms with Gasteiger partial charge in [-0.25, -0.2) is 0 Å². The zero-order valence-corrected chi connectivity index (χ0v) is 10.2. The lowest BCUT2D eigenvalue weighted by atomic mass is 10.2. The van der Waals surface area contributed by atoms with Crippen LogP contribution in [0.15, 0.2) is 28.7 Å². The number of morpholine rings is 1. The molecular weight excluding hydrogens is 238 g/mol. The standard InChI is InChI=1S/C13H14ClNO2/c14-12-2-1-3-13-11(12)8-10(17-13)9-15-4-6-16-7-5-15/h1-3,8H,4-7,9H2. The maximum absolute atomic E-state index is 6.12. The lowest BCUT2D eigenvalue weighted by Gasteiger charge is -2.25. The lowest BCUT2D eigenvalue weighted by molar-refractivity contribution is 0.0315. The van der Waals surface area contributed by atoms with Gasteiger partial charge in [0.05, 0.1) is 24.8 Å². The number of hydrogen-bond donors (Lipinski definition) is 0. The summed E-state index contributed by atoms with van der Waals surface area (Å²) in [5.41, 5.74) is 0.862. The van der Waals surface area contributed by atoms with Crippen molar-refractivity contribution >= 4 is 22.6 Å². The zero-order valence-electron chi connectivity index (χ0n) is 9.49. The molecule has 3 rings (SSSR count). The molecule has 1 aromatic carbocycles. The molecule has 0 atom stereocenters. The van der Waals surface area contributed by atoms with Crippen molar-refractivity contribution < 1.29 is 9.15 Å². The molecule has 2 heterocycles. The zero-order chi connectivity index (χ0) is 11.7. The van der Waals surface area contributed by atoms with Gasteiger partial charge in [-0.05, 0) is 18.2 Å². The van der Waals surface area contributed by atoms with Gasteiger partial charge in [0.25, 0.3) is 0 Å². The molecule has 1 fully saturated rings. The molecule has 4 heteroatoms. The number of fused-ring (bicyclic) bond motifs is 1. The predicted octanol–water partition coefficient (Wildman–Crippen LogP) is 2.92. The van der Waals surface area contributed by atoms with E-state index in [2.05, 4.69) is 4.90 Å². The molecule has 1 aromatic heterocycles. The molecule has 0 aliphatic carbocycles. The Morgan fingerprint density at radius 2 is 2.06 bits per heavy atom. The fourth-order valence-electron chi connectivity index (χ4n) is 2.14. The predicted molar refractivity (Wildman–Crippen MR) is 67.3 cm³/mol. The normalized spacial score (nSPS) is 17.7. The summed E-state index contributed by atoms with van der Waals surface area (Å²) in [7, 11) is 0. The first-order chi connectivity index (χ1) is 8.33. The first-order valence-corrected chi connectivity index (χ1v) is 6.18. The van der Waals surface area contributed by atoms with Crippen LogP contribution in [-0.4, -0.2) is 31.2 Å². The minimum Gasteiger partial charge on any atom is -0.460 e. The van der Waals surface area contributed by atoms with Gasteiger partial charge < -0.3 is 9.15 Å². The van der Waals surface area contributed by atoms with E-state index in [-0.39, 0.29) is 0 Å². The summed E-state index contributed by atoms with van der Waals surface area (Å²) in [5.74, 6) is 0.968. The summed E-state index contributed by atoms with van der Waals surface area (Å²) >= 11 is 6.12. The highest BCUT2D eigenvalue weighted by Gasteiger charge is 2.13. The number of halogens is 1. The summed E-state index contributed by atoms with van der Waals surface area (Å²) in [6.45, 7) is 4.37. The smallest absolute Gasteiger partial charge is 0.135 e. The number of nitrogens with zero attached hydrogens (tertiary/aromatic N) is 1. The molecule has 0 unspecified atom stereocenters. The molecule has 2 aromatic rings. The van der Waals surface area contributed by atoms with Gasteiger partial charge >= 0.3 is 0 Å². The molecule has 0 bridgehead atoms. The van der Waals surface area contributed by atoms with Crippen molar-refractivity contribution in [1.29, 1.82) is 0 Å². The fraction of sp³-hybridized carbons (Fsp3) is 0.385. The van der Waals surface area contributed by atoms with Crippen LogP contribution in [0.3, 0.4) is 0 Å². The van der Waals surface area contributed by atoms with Crippen LogP contribution in [0.5, 0.6) is 0 Å². The van der Waals surface area contributed by atoms with E-state index in [9.17, 15) is 0 Å². The summed E-state index contributed by atoms with van der Waals surface area (Å²) in [6.07, 6.45) is 0. The van der Waals surface area contributed by atoms with Gasteiger partial charge in [-0.1, -0.05) is 17.7 Å². The SMILES string of the molecule is Clc1cccc2oc(CN3CCOCC3)cc12. The fourth-order valence-corrected chi connectivity index (χ4v) is 2.36. The molecule has 1 aliphatic heterocycles. The highest BCUT2D eigenvalue weighted by molar-refractivity contribution is 6.35. The molecule has 17 heavy (non-hydrogen) atoms. The minimum atomic E-state index is 0.750. The van der Waals surface area contributed by atoms with Crippen molar-refractivity contribution in [2.75, 3.05) is 26.3 Å². The van der Waals surface area contributed by atoms with Gasteiger partial charge in [-0.15, -0.1) is 0 Å². The van der Waals surface area contributed by atoms with Crippen molar-refractivity contribution in [3.8, 4) is 0 Å². The van der Waals surface area contributed by atoms with Crippen LogP contribution in [0.25, 0.3) is 11.0 Å². The third-order valence-corrected chi connectivity index (χ3v) is 3.37. The van der Waals surface area contributed by atoms with Crippen LogP contribution in [0.4, 0.5) is 0 Å². The Morgan fingerprint density at radius 3 is 2.82 bits per heavy atom. The second kappa shape index (κ2) is 4.69. The van der Waals surface area contributed by atoms with Crippen molar-refractivity contribution in [2.24, 2.45) is 0 Å². The van der Waals surface area contributed by atoms with E-state index in [0.29, 0.717) is 0 Å². The molecule has 1 saturated heterocycles. The second-order valence-electron chi connectivity index (χ2n) is 4.25. The molecule has 3 nitrogen and oxygen atoms in total. The van der Waals surface area contributed by atoms with E-state index in [4.69, 9.17) is 20.8 Å². The number of furan rings is 1. The van der Waals surface area contributed by atoms with Crippen molar-refractivity contribution in [2.45, 2.75) is 6.54 Å². The third-order valence-electron chi connectivity index (χ3n) is 3.04. The second-order valence-corrected chi connectivity index (χ2v) is 4.66. The first kappa shape index (κ1) is 11.1. The van der Waals surface area contributed by atoms with E-state index in [1.807, 2.05) is 24.3 Å². The van der Waals surface area contributed by atoms with Gasteiger partial charge in [0.2, 0.25) is 0 Å². The Kier molecular flexibility index (Phi) is 3.05. The highest BCUT2D eigenvalue weighted by Crippen LogP contribution is 2.27. The average Bonchev–Trinajstić information content (AvgIpc) is 2.74.